The third-order valence-electron chi connectivity index (χ3n) is 3.22. The third kappa shape index (κ3) is 4.82. The van der Waals surface area contributed by atoms with Gasteiger partial charge < -0.3 is 14.4 Å². The van der Waals surface area contributed by atoms with Crippen LogP contribution in [0.25, 0.3) is 0 Å². The lowest BCUT2D eigenvalue weighted by molar-refractivity contribution is -0.134. The molecule has 0 saturated carbocycles. The minimum atomic E-state index is -0.0614. The molecule has 0 radical (unpaired) electrons. The van der Waals surface area contributed by atoms with Crippen LogP contribution in [0, 0.1) is 6.92 Å². The molecule has 1 amide bonds. The molecular weight excluding hydrogens is 300 g/mol. The third-order valence-corrected chi connectivity index (χ3v) is 4.23. The first-order chi connectivity index (χ1) is 10.7. The topological polar surface area (TPSA) is 51.7 Å². The Morgan fingerprint density at radius 2 is 2.27 bits per heavy atom. The zero-order valence-corrected chi connectivity index (χ0v) is 13.6. The zero-order chi connectivity index (χ0) is 15.8. The van der Waals surface area contributed by atoms with Gasteiger partial charge in [0.05, 0.1) is 19.3 Å². The number of carbonyl (C=O) groups is 1. The van der Waals surface area contributed by atoms with Crippen molar-refractivity contribution in [3.05, 3.63) is 46.4 Å². The number of nitrogens with zero attached hydrogens (tertiary/aromatic N) is 2. The number of aryl methyl sites for hydroxylation is 1. The average molecular weight is 320 g/mol. The summed E-state index contributed by atoms with van der Waals surface area (Å²) in [7, 11) is 1.63. The highest BCUT2D eigenvalue weighted by atomic mass is 32.1. The van der Waals surface area contributed by atoms with Crippen LogP contribution in [0.2, 0.25) is 0 Å². The highest BCUT2D eigenvalue weighted by molar-refractivity contribution is 7.10. The average Bonchev–Trinajstić information content (AvgIpc) is 2.95. The van der Waals surface area contributed by atoms with Gasteiger partial charge in [-0.25, -0.2) is 0 Å². The Labute approximate surface area is 134 Å². The minimum Gasteiger partial charge on any atom is -0.482 e. The summed E-state index contributed by atoms with van der Waals surface area (Å²) in [5.41, 5.74) is 1.20. The van der Waals surface area contributed by atoms with Crippen molar-refractivity contribution in [2.24, 2.45) is 0 Å². The molecule has 5 nitrogen and oxygen atoms in total. The van der Waals surface area contributed by atoms with Crippen molar-refractivity contribution < 1.29 is 14.3 Å². The Bertz CT molecular complexity index is 586. The van der Waals surface area contributed by atoms with E-state index in [0.717, 1.165) is 0 Å². The molecule has 0 atom stereocenters. The van der Waals surface area contributed by atoms with Crippen LogP contribution in [0.4, 0.5) is 0 Å². The molecule has 0 unspecified atom stereocenters. The molecule has 0 aliphatic carbocycles. The van der Waals surface area contributed by atoms with Crippen molar-refractivity contribution in [3.63, 3.8) is 0 Å². The molecule has 0 saturated heterocycles. The van der Waals surface area contributed by atoms with Gasteiger partial charge in [0.25, 0.3) is 5.91 Å². The number of carbonyl (C=O) groups excluding carboxylic acids is 1. The van der Waals surface area contributed by atoms with Crippen LogP contribution < -0.4 is 4.74 Å². The predicted octanol–water partition coefficient (Wildman–Crippen LogP) is 2.51. The number of methoxy groups -OCH3 is 1. The van der Waals surface area contributed by atoms with E-state index in [4.69, 9.17) is 9.47 Å². The minimum absolute atomic E-state index is 0.000168. The fourth-order valence-electron chi connectivity index (χ4n) is 1.90. The van der Waals surface area contributed by atoms with E-state index >= 15 is 0 Å². The summed E-state index contributed by atoms with van der Waals surface area (Å²) in [6, 6.07) is 5.62. The lowest BCUT2D eigenvalue weighted by atomic mass is 10.3. The maximum atomic E-state index is 12.4. The second-order valence-corrected chi connectivity index (χ2v) is 5.81. The summed E-state index contributed by atoms with van der Waals surface area (Å²) >= 11 is 1.66. The predicted molar refractivity (Wildman–Crippen MR) is 86.1 cm³/mol. The van der Waals surface area contributed by atoms with Crippen molar-refractivity contribution in [2.75, 3.05) is 26.9 Å². The van der Waals surface area contributed by atoms with Crippen molar-refractivity contribution in [3.8, 4) is 5.75 Å². The summed E-state index contributed by atoms with van der Waals surface area (Å²) in [5.74, 6) is 0.531. The van der Waals surface area contributed by atoms with Crippen LogP contribution in [0.5, 0.6) is 5.75 Å². The van der Waals surface area contributed by atoms with Gasteiger partial charge in [0, 0.05) is 24.7 Å². The zero-order valence-electron chi connectivity index (χ0n) is 12.8. The maximum absolute atomic E-state index is 12.4. The summed E-state index contributed by atoms with van der Waals surface area (Å²) in [6.07, 6.45) is 3.26. The van der Waals surface area contributed by atoms with E-state index in [2.05, 4.69) is 18.0 Å². The second kappa shape index (κ2) is 8.51. The van der Waals surface area contributed by atoms with Gasteiger partial charge in [0.2, 0.25) is 0 Å². The van der Waals surface area contributed by atoms with E-state index in [9.17, 15) is 4.79 Å². The Morgan fingerprint density at radius 1 is 1.41 bits per heavy atom. The maximum Gasteiger partial charge on any atom is 0.260 e. The molecule has 2 rings (SSSR count). The van der Waals surface area contributed by atoms with E-state index in [1.807, 2.05) is 5.38 Å². The molecule has 118 valence electrons. The van der Waals surface area contributed by atoms with Crippen molar-refractivity contribution in [1.29, 1.82) is 0 Å². The largest absolute Gasteiger partial charge is 0.482 e. The van der Waals surface area contributed by atoms with E-state index in [1.54, 1.807) is 47.9 Å². The smallest absolute Gasteiger partial charge is 0.260 e. The van der Waals surface area contributed by atoms with Crippen LogP contribution in [-0.2, 0) is 16.1 Å². The lowest BCUT2D eigenvalue weighted by Gasteiger charge is -2.22. The van der Waals surface area contributed by atoms with Gasteiger partial charge in [-0.05, 0) is 36.1 Å². The summed E-state index contributed by atoms with van der Waals surface area (Å²) in [6.45, 7) is 3.69. The van der Waals surface area contributed by atoms with Crippen molar-refractivity contribution >= 4 is 17.2 Å². The molecule has 0 bridgehead atoms. The van der Waals surface area contributed by atoms with Gasteiger partial charge in [0.15, 0.2) is 6.61 Å². The monoisotopic (exact) mass is 320 g/mol. The lowest BCUT2D eigenvalue weighted by Crippen LogP contribution is -2.36. The molecule has 22 heavy (non-hydrogen) atoms. The molecule has 0 aliphatic heterocycles. The standard InChI is InChI=1S/C16H20N2O3S/c1-13-5-9-22-15(13)11-18(7-8-20-2)16(19)12-21-14-4-3-6-17-10-14/h3-6,9-10H,7-8,11-12H2,1-2H3. The van der Waals surface area contributed by atoms with Crippen LogP contribution in [0.1, 0.15) is 10.4 Å². The normalized spacial score (nSPS) is 10.5. The molecule has 0 spiro atoms. The number of pyridine rings is 1. The van der Waals surface area contributed by atoms with Crippen molar-refractivity contribution in [2.45, 2.75) is 13.5 Å². The molecule has 0 fully saturated rings. The Morgan fingerprint density at radius 3 is 2.91 bits per heavy atom. The first kappa shape index (κ1) is 16.5. The van der Waals surface area contributed by atoms with Gasteiger partial charge in [-0.2, -0.15) is 0 Å². The fraction of sp³-hybridized carbons (Fsp3) is 0.375. The van der Waals surface area contributed by atoms with Crippen LogP contribution in [0.15, 0.2) is 36.0 Å². The number of rotatable bonds is 8. The summed E-state index contributed by atoms with van der Waals surface area (Å²) in [4.78, 5) is 19.3. The Kier molecular flexibility index (Phi) is 6.36. The Balaban J connectivity index is 1.95. The molecule has 0 N–H and O–H groups in total. The first-order valence-electron chi connectivity index (χ1n) is 7.03. The number of aromatic nitrogens is 1. The SMILES string of the molecule is COCCN(Cc1sccc1C)C(=O)COc1cccnc1. The molecule has 6 heteroatoms. The van der Waals surface area contributed by atoms with Gasteiger partial charge in [-0.1, -0.05) is 0 Å². The van der Waals surface area contributed by atoms with E-state index in [0.29, 0.717) is 25.4 Å². The molecule has 0 aromatic carbocycles. The van der Waals surface area contributed by atoms with E-state index in [-0.39, 0.29) is 12.5 Å². The second-order valence-electron chi connectivity index (χ2n) is 4.81. The molecule has 0 aliphatic rings. The fourth-order valence-corrected chi connectivity index (χ4v) is 2.82. The van der Waals surface area contributed by atoms with Crippen LogP contribution in [-0.4, -0.2) is 42.7 Å². The number of amides is 1. The van der Waals surface area contributed by atoms with E-state index in [1.165, 1.54) is 10.4 Å². The summed E-state index contributed by atoms with van der Waals surface area (Å²) in [5, 5.41) is 2.04. The van der Waals surface area contributed by atoms with Crippen molar-refractivity contribution in [1.82, 2.24) is 9.88 Å². The van der Waals surface area contributed by atoms with E-state index < -0.39 is 0 Å². The molecular formula is C16H20N2O3S. The molecule has 2 aromatic heterocycles. The molecule has 2 heterocycles. The summed E-state index contributed by atoms with van der Waals surface area (Å²) < 4.78 is 10.6. The Hall–Kier alpha value is -1.92. The highest BCUT2D eigenvalue weighted by Gasteiger charge is 2.16. The van der Waals surface area contributed by atoms with Gasteiger partial charge >= 0.3 is 0 Å². The number of hydrogen-bond donors (Lipinski definition) is 0. The van der Waals surface area contributed by atoms with Gasteiger partial charge in [0.1, 0.15) is 5.75 Å². The quantitative estimate of drug-likeness (QED) is 0.750. The number of thiophene rings is 1. The van der Waals surface area contributed by atoms with Crippen LogP contribution in [0.3, 0.4) is 0 Å². The highest BCUT2D eigenvalue weighted by Crippen LogP contribution is 2.18. The molecule has 2 aromatic rings. The van der Waals surface area contributed by atoms with Gasteiger partial charge in [-0.3, -0.25) is 9.78 Å². The van der Waals surface area contributed by atoms with Gasteiger partial charge in [-0.15, -0.1) is 11.3 Å². The van der Waals surface area contributed by atoms with Crippen LogP contribution >= 0.6 is 11.3 Å². The number of hydrogen-bond acceptors (Lipinski definition) is 5. The first-order valence-corrected chi connectivity index (χ1v) is 7.91. The number of ether oxygens (including phenoxy) is 2.